The van der Waals surface area contributed by atoms with E-state index in [2.05, 4.69) is 38.0 Å². The molecule has 0 aromatic rings. The Kier molecular flexibility index (Phi) is 5.22. The zero-order valence-corrected chi connectivity index (χ0v) is 11.3. The highest BCUT2D eigenvalue weighted by Crippen LogP contribution is 2.24. The number of aliphatic hydroxyl groups excluding tert-OH is 1. The number of rotatable bonds is 7. The molecular formula is C13H28N2O. The first-order valence-corrected chi connectivity index (χ1v) is 6.55. The Morgan fingerprint density at radius 2 is 2.06 bits per heavy atom. The molecule has 0 spiro atoms. The van der Waals surface area contributed by atoms with Crippen molar-refractivity contribution >= 4 is 0 Å². The van der Waals surface area contributed by atoms with Gasteiger partial charge in [0.25, 0.3) is 0 Å². The zero-order chi connectivity index (χ0) is 12.2. The molecule has 1 atom stereocenters. The first-order valence-electron chi connectivity index (χ1n) is 6.55. The number of hydrogen-bond donors (Lipinski definition) is 2. The van der Waals surface area contributed by atoms with Gasteiger partial charge in [-0.05, 0) is 39.8 Å². The second-order valence-corrected chi connectivity index (χ2v) is 5.83. The van der Waals surface area contributed by atoms with Crippen molar-refractivity contribution in [2.45, 2.75) is 64.1 Å². The van der Waals surface area contributed by atoms with Crippen LogP contribution in [0.1, 0.15) is 46.5 Å². The van der Waals surface area contributed by atoms with Gasteiger partial charge in [-0.2, -0.15) is 0 Å². The van der Waals surface area contributed by atoms with Gasteiger partial charge in [-0.1, -0.05) is 20.3 Å². The molecule has 0 radical (unpaired) electrons. The van der Waals surface area contributed by atoms with E-state index in [4.69, 9.17) is 0 Å². The summed E-state index contributed by atoms with van der Waals surface area (Å²) in [4.78, 5) is 2.44. The van der Waals surface area contributed by atoms with E-state index in [-0.39, 0.29) is 12.1 Å². The van der Waals surface area contributed by atoms with E-state index < -0.39 is 0 Å². The third kappa shape index (κ3) is 4.04. The molecule has 1 rings (SSSR count). The van der Waals surface area contributed by atoms with Crippen LogP contribution >= 0.6 is 0 Å². The highest BCUT2D eigenvalue weighted by Gasteiger charge is 2.27. The Morgan fingerprint density at radius 1 is 1.44 bits per heavy atom. The van der Waals surface area contributed by atoms with Crippen molar-refractivity contribution in [3.8, 4) is 0 Å². The van der Waals surface area contributed by atoms with Gasteiger partial charge < -0.3 is 15.3 Å². The van der Waals surface area contributed by atoms with Crippen LogP contribution in [0, 0.1) is 0 Å². The minimum atomic E-state index is -0.133. The molecular weight excluding hydrogens is 200 g/mol. The number of nitrogens with one attached hydrogen (secondary N) is 1. The quantitative estimate of drug-likeness (QED) is 0.695. The molecule has 0 aliphatic heterocycles. The Labute approximate surface area is 100 Å². The van der Waals surface area contributed by atoms with Crippen molar-refractivity contribution in [3.63, 3.8) is 0 Å². The van der Waals surface area contributed by atoms with Crippen LogP contribution in [0.5, 0.6) is 0 Å². The second-order valence-electron chi connectivity index (χ2n) is 5.83. The minimum Gasteiger partial charge on any atom is -0.394 e. The fraction of sp³-hybridized carbons (Fsp3) is 1.00. The van der Waals surface area contributed by atoms with Gasteiger partial charge >= 0.3 is 0 Å². The summed E-state index contributed by atoms with van der Waals surface area (Å²) in [5, 5.41) is 12.9. The van der Waals surface area contributed by atoms with E-state index in [0.29, 0.717) is 6.04 Å². The lowest BCUT2D eigenvalue weighted by atomic mass is 9.90. The summed E-state index contributed by atoms with van der Waals surface area (Å²) in [6, 6.07) is 1.22. The Balaban J connectivity index is 2.31. The van der Waals surface area contributed by atoms with Crippen LogP contribution in [0.25, 0.3) is 0 Å². The van der Waals surface area contributed by atoms with E-state index >= 15 is 0 Å². The third-order valence-corrected chi connectivity index (χ3v) is 3.70. The number of nitrogens with zero attached hydrogens (tertiary/aromatic N) is 1. The van der Waals surface area contributed by atoms with Crippen molar-refractivity contribution in [2.24, 2.45) is 0 Å². The van der Waals surface area contributed by atoms with Crippen LogP contribution < -0.4 is 5.32 Å². The molecule has 0 saturated heterocycles. The van der Waals surface area contributed by atoms with Gasteiger partial charge in [0.05, 0.1) is 6.61 Å². The number of hydrogen-bond acceptors (Lipinski definition) is 3. The lowest BCUT2D eigenvalue weighted by Gasteiger charge is -2.38. The van der Waals surface area contributed by atoms with E-state index in [9.17, 15) is 5.11 Å². The summed E-state index contributed by atoms with van der Waals surface area (Å²) in [5.41, 5.74) is -0.133. The molecule has 3 nitrogen and oxygen atoms in total. The van der Waals surface area contributed by atoms with Gasteiger partial charge in [0.2, 0.25) is 0 Å². The van der Waals surface area contributed by atoms with Crippen molar-refractivity contribution in [2.75, 3.05) is 20.2 Å². The Bertz CT molecular complexity index is 204. The summed E-state index contributed by atoms with van der Waals surface area (Å²) in [5.74, 6) is 0. The van der Waals surface area contributed by atoms with Crippen LogP contribution in [0.4, 0.5) is 0 Å². The summed E-state index contributed by atoms with van der Waals surface area (Å²) in [6.07, 6.45) is 5.10. The molecule has 1 aliphatic carbocycles. The summed E-state index contributed by atoms with van der Waals surface area (Å²) in [6.45, 7) is 7.65. The first kappa shape index (κ1) is 13.9. The molecule has 0 aromatic carbocycles. The van der Waals surface area contributed by atoms with E-state index in [1.54, 1.807) is 0 Å². The van der Waals surface area contributed by atoms with Crippen LogP contribution in [0.3, 0.4) is 0 Å². The summed E-state index contributed by atoms with van der Waals surface area (Å²) >= 11 is 0. The van der Waals surface area contributed by atoms with Gasteiger partial charge in [-0.15, -0.1) is 0 Å². The van der Waals surface area contributed by atoms with Crippen LogP contribution in [0.15, 0.2) is 0 Å². The van der Waals surface area contributed by atoms with Gasteiger partial charge in [-0.25, -0.2) is 0 Å². The van der Waals surface area contributed by atoms with Crippen molar-refractivity contribution < 1.29 is 5.11 Å². The SMILES string of the molecule is CC(C)NC(C)(CO)CCN(C)C1CCC1. The van der Waals surface area contributed by atoms with Gasteiger partial charge in [0.1, 0.15) is 0 Å². The van der Waals surface area contributed by atoms with Gasteiger partial charge in [0.15, 0.2) is 0 Å². The zero-order valence-electron chi connectivity index (χ0n) is 11.3. The largest absolute Gasteiger partial charge is 0.394 e. The molecule has 96 valence electrons. The molecule has 0 bridgehead atoms. The minimum absolute atomic E-state index is 0.133. The molecule has 0 amide bonds. The van der Waals surface area contributed by atoms with Crippen LogP contribution in [-0.4, -0.2) is 47.8 Å². The highest BCUT2D eigenvalue weighted by atomic mass is 16.3. The van der Waals surface area contributed by atoms with Gasteiger partial charge in [0, 0.05) is 17.6 Å². The molecule has 1 unspecified atom stereocenters. The maximum atomic E-state index is 9.48. The fourth-order valence-corrected chi connectivity index (χ4v) is 2.33. The Morgan fingerprint density at radius 3 is 2.44 bits per heavy atom. The average molecular weight is 228 g/mol. The monoisotopic (exact) mass is 228 g/mol. The predicted octanol–water partition coefficient (Wildman–Crippen LogP) is 1.61. The number of aliphatic hydroxyl groups is 1. The molecule has 16 heavy (non-hydrogen) atoms. The van der Waals surface area contributed by atoms with Gasteiger partial charge in [-0.3, -0.25) is 0 Å². The lowest BCUT2D eigenvalue weighted by Crippen LogP contribution is -2.51. The molecule has 3 heteroatoms. The lowest BCUT2D eigenvalue weighted by molar-refractivity contribution is 0.112. The van der Waals surface area contributed by atoms with E-state index in [1.807, 2.05) is 0 Å². The standard InChI is InChI=1S/C13H28N2O/c1-11(2)14-13(3,10-16)8-9-15(4)12-6-5-7-12/h11-12,14,16H,5-10H2,1-4H3. The smallest absolute Gasteiger partial charge is 0.0611 e. The topological polar surface area (TPSA) is 35.5 Å². The average Bonchev–Trinajstić information content (AvgIpc) is 2.11. The molecule has 2 N–H and O–H groups in total. The first-order chi connectivity index (χ1) is 7.47. The van der Waals surface area contributed by atoms with Crippen LogP contribution in [-0.2, 0) is 0 Å². The summed E-state index contributed by atoms with van der Waals surface area (Å²) in [7, 11) is 2.21. The summed E-state index contributed by atoms with van der Waals surface area (Å²) < 4.78 is 0. The molecule has 0 aromatic heterocycles. The molecule has 0 heterocycles. The van der Waals surface area contributed by atoms with Crippen molar-refractivity contribution in [1.82, 2.24) is 10.2 Å². The van der Waals surface area contributed by atoms with Crippen molar-refractivity contribution in [1.29, 1.82) is 0 Å². The highest BCUT2D eigenvalue weighted by molar-refractivity contribution is 4.86. The second kappa shape index (κ2) is 5.99. The normalized spacial score (nSPS) is 21.2. The molecule has 1 saturated carbocycles. The third-order valence-electron chi connectivity index (χ3n) is 3.70. The maximum absolute atomic E-state index is 9.48. The molecule has 1 aliphatic rings. The van der Waals surface area contributed by atoms with E-state index in [1.165, 1.54) is 19.3 Å². The van der Waals surface area contributed by atoms with Crippen molar-refractivity contribution in [3.05, 3.63) is 0 Å². The van der Waals surface area contributed by atoms with E-state index in [0.717, 1.165) is 19.0 Å². The molecule has 1 fully saturated rings. The predicted molar refractivity (Wildman–Crippen MR) is 68.6 cm³/mol. The fourth-order valence-electron chi connectivity index (χ4n) is 2.33. The van der Waals surface area contributed by atoms with Crippen LogP contribution in [0.2, 0.25) is 0 Å². The Hall–Kier alpha value is -0.120. The maximum Gasteiger partial charge on any atom is 0.0611 e.